The highest BCUT2D eigenvalue weighted by molar-refractivity contribution is 6.30. The van der Waals surface area contributed by atoms with E-state index in [1.807, 2.05) is 0 Å². The second-order valence-electron chi connectivity index (χ2n) is 6.78. The number of carbonyl (C=O) groups is 2. The molecule has 1 heterocycles. The predicted octanol–water partition coefficient (Wildman–Crippen LogP) is 2.74. The van der Waals surface area contributed by atoms with Gasteiger partial charge in [-0.05, 0) is 25.1 Å². The summed E-state index contributed by atoms with van der Waals surface area (Å²) in [6.45, 7) is 4.93. The van der Waals surface area contributed by atoms with Crippen molar-refractivity contribution in [1.82, 2.24) is 4.90 Å². The summed E-state index contributed by atoms with van der Waals surface area (Å²) in [6.07, 6.45) is 0.880. The molecule has 2 aromatic rings. The number of anilines is 1. The highest BCUT2D eigenvalue weighted by atomic mass is 19.1. The lowest BCUT2D eigenvalue weighted by molar-refractivity contribution is 0.0378. The third kappa shape index (κ3) is 3.38. The lowest BCUT2D eigenvalue weighted by atomic mass is 9.83. The van der Waals surface area contributed by atoms with Crippen molar-refractivity contribution in [2.45, 2.75) is 6.42 Å². The number of fused-ring (bicyclic) bond motifs is 2. The molecule has 0 saturated carbocycles. The number of ether oxygens (including phenoxy) is 1. The number of ketones is 2. The minimum Gasteiger partial charge on any atom is -0.384 e. The van der Waals surface area contributed by atoms with Crippen LogP contribution in [0.5, 0.6) is 0 Å². The van der Waals surface area contributed by atoms with E-state index in [0.29, 0.717) is 17.8 Å². The van der Waals surface area contributed by atoms with Crippen LogP contribution in [0.25, 0.3) is 0 Å². The number of rotatable bonds is 5. The van der Waals surface area contributed by atoms with Crippen LogP contribution >= 0.6 is 0 Å². The molecule has 140 valence electrons. The van der Waals surface area contributed by atoms with E-state index < -0.39 is 11.6 Å². The molecule has 0 bridgehead atoms. The van der Waals surface area contributed by atoms with Gasteiger partial charge in [-0.3, -0.25) is 14.5 Å². The monoisotopic (exact) mass is 368 g/mol. The first-order valence-electron chi connectivity index (χ1n) is 9.21. The zero-order valence-electron chi connectivity index (χ0n) is 15.0. The van der Waals surface area contributed by atoms with Crippen molar-refractivity contribution in [3.05, 3.63) is 64.5 Å². The van der Waals surface area contributed by atoms with Gasteiger partial charge < -0.3 is 10.1 Å². The fourth-order valence-corrected chi connectivity index (χ4v) is 3.68. The van der Waals surface area contributed by atoms with Gasteiger partial charge >= 0.3 is 0 Å². The van der Waals surface area contributed by atoms with E-state index in [-0.39, 0.29) is 22.5 Å². The molecule has 1 aliphatic heterocycles. The quantitative estimate of drug-likeness (QED) is 0.702. The molecule has 27 heavy (non-hydrogen) atoms. The Hall–Kier alpha value is -2.57. The molecule has 2 aromatic carbocycles. The standard InChI is InChI=1S/C21H21FN2O3/c22-16-6-7-17(23-8-3-9-24-10-12-27-13-11-24)19-18(16)20(25)14-4-1-2-5-15(14)21(19)26/h1-2,4-7,23H,3,8-13H2. The summed E-state index contributed by atoms with van der Waals surface area (Å²) >= 11 is 0. The minimum absolute atomic E-state index is 0.128. The third-order valence-corrected chi connectivity index (χ3v) is 5.10. The molecule has 0 amide bonds. The lowest BCUT2D eigenvalue weighted by Gasteiger charge is -2.26. The summed E-state index contributed by atoms with van der Waals surface area (Å²) in [5.74, 6) is -1.40. The molecule has 2 aliphatic rings. The molecule has 6 heteroatoms. The largest absolute Gasteiger partial charge is 0.384 e. The number of nitrogens with one attached hydrogen (secondary N) is 1. The SMILES string of the molecule is O=C1c2ccccc2C(=O)c2c(NCCCN3CCOCC3)ccc(F)c21. The summed E-state index contributed by atoms with van der Waals surface area (Å²) in [6, 6.07) is 9.38. The summed E-state index contributed by atoms with van der Waals surface area (Å²) < 4.78 is 19.7. The van der Waals surface area contributed by atoms with E-state index >= 15 is 0 Å². The second kappa shape index (κ2) is 7.58. The van der Waals surface area contributed by atoms with Crippen LogP contribution in [-0.4, -0.2) is 55.9 Å². The molecule has 4 rings (SSSR count). The van der Waals surface area contributed by atoms with Gasteiger partial charge in [-0.2, -0.15) is 0 Å². The third-order valence-electron chi connectivity index (χ3n) is 5.10. The van der Waals surface area contributed by atoms with E-state index in [1.165, 1.54) is 6.07 Å². The van der Waals surface area contributed by atoms with Crippen LogP contribution in [0.2, 0.25) is 0 Å². The maximum atomic E-state index is 14.4. The fraction of sp³-hybridized carbons (Fsp3) is 0.333. The fourth-order valence-electron chi connectivity index (χ4n) is 3.68. The van der Waals surface area contributed by atoms with Crippen LogP contribution in [0.15, 0.2) is 36.4 Å². The van der Waals surface area contributed by atoms with Gasteiger partial charge in [0.2, 0.25) is 0 Å². The van der Waals surface area contributed by atoms with Crippen LogP contribution in [0.3, 0.4) is 0 Å². The maximum absolute atomic E-state index is 14.4. The zero-order valence-corrected chi connectivity index (χ0v) is 15.0. The molecule has 1 saturated heterocycles. The van der Waals surface area contributed by atoms with Gasteiger partial charge in [0, 0.05) is 36.4 Å². The van der Waals surface area contributed by atoms with Gasteiger partial charge in [-0.1, -0.05) is 24.3 Å². The van der Waals surface area contributed by atoms with Crippen molar-refractivity contribution < 1.29 is 18.7 Å². The van der Waals surface area contributed by atoms with Gasteiger partial charge in [0.1, 0.15) is 5.82 Å². The van der Waals surface area contributed by atoms with Crippen molar-refractivity contribution in [3.8, 4) is 0 Å². The highest BCUT2D eigenvalue weighted by Crippen LogP contribution is 2.33. The first kappa shape index (κ1) is 17.8. The molecule has 0 radical (unpaired) electrons. The number of morpholine rings is 1. The summed E-state index contributed by atoms with van der Waals surface area (Å²) in [4.78, 5) is 28.0. The van der Waals surface area contributed by atoms with Crippen molar-refractivity contribution in [1.29, 1.82) is 0 Å². The molecule has 0 spiro atoms. The van der Waals surface area contributed by atoms with E-state index in [4.69, 9.17) is 4.74 Å². The summed E-state index contributed by atoms with van der Waals surface area (Å²) in [5, 5.41) is 3.22. The van der Waals surface area contributed by atoms with E-state index in [2.05, 4.69) is 10.2 Å². The number of halogens is 1. The Morgan fingerprint density at radius 2 is 1.63 bits per heavy atom. The first-order chi connectivity index (χ1) is 13.2. The first-order valence-corrected chi connectivity index (χ1v) is 9.21. The molecule has 1 aliphatic carbocycles. The topological polar surface area (TPSA) is 58.6 Å². The average molecular weight is 368 g/mol. The Balaban J connectivity index is 1.53. The molecule has 1 N–H and O–H groups in total. The molecular weight excluding hydrogens is 347 g/mol. The number of benzene rings is 2. The molecule has 1 fully saturated rings. The van der Waals surface area contributed by atoms with Crippen LogP contribution < -0.4 is 5.32 Å². The Bertz CT molecular complexity index is 891. The molecule has 0 unspecified atom stereocenters. The van der Waals surface area contributed by atoms with Crippen molar-refractivity contribution in [2.75, 3.05) is 44.7 Å². The van der Waals surface area contributed by atoms with Crippen molar-refractivity contribution in [2.24, 2.45) is 0 Å². The number of nitrogens with zero attached hydrogens (tertiary/aromatic N) is 1. The minimum atomic E-state index is -0.656. The second-order valence-corrected chi connectivity index (χ2v) is 6.78. The Labute approximate surface area is 157 Å². The average Bonchev–Trinajstić information content (AvgIpc) is 2.71. The summed E-state index contributed by atoms with van der Waals surface area (Å²) in [5.41, 5.74) is 1.12. The van der Waals surface area contributed by atoms with Crippen LogP contribution in [-0.2, 0) is 4.74 Å². The Morgan fingerprint density at radius 1 is 0.963 bits per heavy atom. The normalized spacial score (nSPS) is 16.8. The molecule has 0 aromatic heterocycles. The van der Waals surface area contributed by atoms with Crippen LogP contribution in [0.1, 0.15) is 38.3 Å². The highest BCUT2D eigenvalue weighted by Gasteiger charge is 2.33. The van der Waals surface area contributed by atoms with E-state index in [0.717, 1.165) is 39.3 Å². The lowest BCUT2D eigenvalue weighted by Crippen LogP contribution is -2.37. The number of hydrogen-bond donors (Lipinski definition) is 1. The van der Waals surface area contributed by atoms with Gasteiger partial charge in [0.05, 0.1) is 24.3 Å². The molecule has 5 nitrogen and oxygen atoms in total. The Morgan fingerprint density at radius 3 is 2.33 bits per heavy atom. The Kier molecular flexibility index (Phi) is 5.01. The smallest absolute Gasteiger partial charge is 0.197 e. The van der Waals surface area contributed by atoms with Gasteiger partial charge in [-0.25, -0.2) is 4.39 Å². The maximum Gasteiger partial charge on any atom is 0.197 e. The zero-order chi connectivity index (χ0) is 18.8. The van der Waals surface area contributed by atoms with Crippen LogP contribution in [0, 0.1) is 5.82 Å². The summed E-state index contributed by atoms with van der Waals surface area (Å²) in [7, 11) is 0. The van der Waals surface area contributed by atoms with Gasteiger partial charge in [0.15, 0.2) is 11.6 Å². The predicted molar refractivity (Wildman–Crippen MR) is 100 cm³/mol. The van der Waals surface area contributed by atoms with Gasteiger partial charge in [-0.15, -0.1) is 0 Å². The van der Waals surface area contributed by atoms with E-state index in [9.17, 15) is 14.0 Å². The van der Waals surface area contributed by atoms with E-state index in [1.54, 1.807) is 30.3 Å². The van der Waals surface area contributed by atoms with Crippen molar-refractivity contribution in [3.63, 3.8) is 0 Å². The van der Waals surface area contributed by atoms with Crippen molar-refractivity contribution >= 4 is 17.3 Å². The number of hydrogen-bond acceptors (Lipinski definition) is 5. The molecule has 0 atom stereocenters. The molecular formula is C21H21FN2O3. The van der Waals surface area contributed by atoms with Crippen LogP contribution in [0.4, 0.5) is 10.1 Å². The number of carbonyl (C=O) groups excluding carboxylic acids is 2. The van der Waals surface area contributed by atoms with Gasteiger partial charge in [0.25, 0.3) is 0 Å².